The van der Waals surface area contributed by atoms with Crippen molar-refractivity contribution in [1.29, 1.82) is 0 Å². The highest BCUT2D eigenvalue weighted by Crippen LogP contribution is 1.94. The molecule has 8 heteroatoms. The Morgan fingerprint density at radius 1 is 1.30 bits per heavy atom. The van der Waals surface area contributed by atoms with Crippen LogP contribution in [0.4, 0.5) is 0 Å². The van der Waals surface area contributed by atoms with E-state index in [1.807, 2.05) is 0 Å². The van der Waals surface area contributed by atoms with E-state index in [0.717, 1.165) is 7.11 Å². The molecule has 6 nitrogen and oxygen atoms in total. The smallest absolute Gasteiger partial charge is 0.284 e. The van der Waals surface area contributed by atoms with Crippen molar-refractivity contribution in [2.24, 2.45) is 0 Å². The van der Waals surface area contributed by atoms with Gasteiger partial charge in [0.25, 0.3) is 20.2 Å². The summed E-state index contributed by atoms with van der Waals surface area (Å²) in [5.41, 5.74) is 0. The minimum Gasteiger partial charge on any atom is -0.285 e. The van der Waals surface area contributed by atoms with E-state index in [1.54, 1.807) is 0 Å². The molecule has 0 saturated heterocycles. The van der Waals surface area contributed by atoms with E-state index in [2.05, 4.69) is 4.18 Å². The largest absolute Gasteiger partial charge is 0.285 e. The second-order valence-corrected chi connectivity index (χ2v) is 4.98. The van der Waals surface area contributed by atoms with Crippen LogP contribution in [0.25, 0.3) is 0 Å². The number of hydrogen-bond acceptors (Lipinski definition) is 5. The summed E-state index contributed by atoms with van der Waals surface area (Å²) in [4.78, 5) is 0. The van der Waals surface area contributed by atoms with E-state index >= 15 is 0 Å². The molecule has 0 aromatic carbocycles. The Kier molecular flexibility index (Phi) is 2.77. The summed E-state index contributed by atoms with van der Waals surface area (Å²) in [6.07, 6.45) is 0. The summed E-state index contributed by atoms with van der Waals surface area (Å²) in [5.74, 6) is 0. The Balaban J connectivity index is 4.49. The fourth-order valence-electron chi connectivity index (χ4n) is 0.231. The molecule has 0 bridgehead atoms. The molecule has 0 atom stereocenters. The molecular weight excluding hydrogens is 184 g/mol. The highest BCUT2D eigenvalue weighted by Gasteiger charge is 2.18. The molecule has 0 aliphatic carbocycles. The van der Waals surface area contributed by atoms with Gasteiger partial charge in [0.15, 0.2) is 0 Å². The summed E-state index contributed by atoms with van der Waals surface area (Å²) >= 11 is 0. The molecule has 0 spiro atoms. The van der Waals surface area contributed by atoms with Crippen molar-refractivity contribution in [3.8, 4) is 0 Å². The zero-order valence-corrected chi connectivity index (χ0v) is 6.65. The first kappa shape index (κ1) is 9.82. The minimum atomic E-state index is -4.51. The minimum absolute atomic E-state index is 0.806. The van der Waals surface area contributed by atoms with E-state index in [4.69, 9.17) is 4.55 Å². The van der Waals surface area contributed by atoms with Crippen LogP contribution in [0.3, 0.4) is 0 Å². The maximum Gasteiger partial charge on any atom is 0.284 e. The lowest BCUT2D eigenvalue weighted by atomic mass is 11.8. The molecule has 0 amide bonds. The third-order valence-electron chi connectivity index (χ3n) is 0.547. The highest BCUT2D eigenvalue weighted by atomic mass is 32.3. The van der Waals surface area contributed by atoms with E-state index in [9.17, 15) is 16.8 Å². The van der Waals surface area contributed by atoms with Crippen molar-refractivity contribution in [3.63, 3.8) is 0 Å². The van der Waals surface area contributed by atoms with Crippen molar-refractivity contribution in [2.45, 2.75) is 0 Å². The van der Waals surface area contributed by atoms with Crippen LogP contribution in [0, 0.1) is 0 Å². The Bertz CT molecular complexity index is 282. The summed E-state index contributed by atoms with van der Waals surface area (Å²) < 4.78 is 52.1. The molecule has 0 aliphatic heterocycles. The van der Waals surface area contributed by atoms with Gasteiger partial charge in [0.2, 0.25) is 5.08 Å². The fraction of sp³-hybridized carbons (Fsp3) is 1.00. The third kappa shape index (κ3) is 4.68. The molecule has 62 valence electrons. The van der Waals surface area contributed by atoms with Crippen molar-refractivity contribution >= 4 is 20.2 Å². The maximum absolute atomic E-state index is 10.3. The van der Waals surface area contributed by atoms with Crippen molar-refractivity contribution in [2.75, 3.05) is 12.2 Å². The first-order chi connectivity index (χ1) is 4.27. The lowest BCUT2D eigenvalue weighted by Gasteiger charge is -1.95. The topological polar surface area (TPSA) is 97.7 Å². The van der Waals surface area contributed by atoms with Gasteiger partial charge in [0, 0.05) is 0 Å². The number of rotatable bonds is 3. The van der Waals surface area contributed by atoms with Crippen molar-refractivity contribution in [1.82, 2.24) is 0 Å². The molecule has 1 N–H and O–H groups in total. The first-order valence-electron chi connectivity index (χ1n) is 2.00. The van der Waals surface area contributed by atoms with Gasteiger partial charge in [-0.05, 0) is 0 Å². The van der Waals surface area contributed by atoms with Crippen LogP contribution in [-0.4, -0.2) is 33.6 Å². The summed E-state index contributed by atoms with van der Waals surface area (Å²) in [5, 5.41) is -1.41. The van der Waals surface area contributed by atoms with Crippen LogP contribution >= 0.6 is 0 Å². The van der Waals surface area contributed by atoms with Gasteiger partial charge in [-0.25, -0.2) is 0 Å². The molecule has 0 heterocycles. The quantitative estimate of drug-likeness (QED) is 0.443. The monoisotopic (exact) mass is 190 g/mol. The highest BCUT2D eigenvalue weighted by molar-refractivity contribution is 8.03. The van der Waals surface area contributed by atoms with Crippen molar-refractivity contribution in [3.05, 3.63) is 0 Å². The second-order valence-electron chi connectivity index (χ2n) is 1.42. The standard InChI is InChI=1S/C2H6O6S2/c1-8-10(6,7)2-9(3,4)5/h2H2,1H3,(H,3,4,5). The predicted molar refractivity (Wildman–Crippen MR) is 32.3 cm³/mol. The Morgan fingerprint density at radius 2 is 1.70 bits per heavy atom. The van der Waals surface area contributed by atoms with Gasteiger partial charge in [0.05, 0.1) is 7.11 Å². The van der Waals surface area contributed by atoms with Gasteiger partial charge in [-0.1, -0.05) is 0 Å². The number of hydrogen-bond donors (Lipinski definition) is 1. The van der Waals surface area contributed by atoms with Crippen LogP contribution in [0.15, 0.2) is 0 Å². The van der Waals surface area contributed by atoms with Crippen LogP contribution in [0.1, 0.15) is 0 Å². The first-order valence-corrected chi connectivity index (χ1v) is 5.19. The van der Waals surface area contributed by atoms with Gasteiger partial charge < -0.3 is 0 Å². The van der Waals surface area contributed by atoms with Crippen molar-refractivity contribution < 1.29 is 25.6 Å². The Hall–Kier alpha value is -0.180. The third-order valence-corrected chi connectivity index (χ3v) is 3.40. The second kappa shape index (κ2) is 2.82. The SMILES string of the molecule is COS(=O)(=O)CS(=O)(=O)O. The normalized spacial score (nSPS) is 13.4. The molecular formula is C2H6O6S2. The molecule has 0 fully saturated rings. The Morgan fingerprint density at radius 3 is 1.80 bits per heavy atom. The molecule has 0 rings (SSSR count). The van der Waals surface area contributed by atoms with E-state index < -0.39 is 25.3 Å². The van der Waals surface area contributed by atoms with E-state index in [0.29, 0.717) is 0 Å². The lowest BCUT2D eigenvalue weighted by molar-refractivity contribution is 0.399. The van der Waals surface area contributed by atoms with Gasteiger partial charge >= 0.3 is 0 Å². The van der Waals surface area contributed by atoms with Gasteiger partial charge in [0.1, 0.15) is 0 Å². The molecule has 0 unspecified atom stereocenters. The summed E-state index contributed by atoms with van der Waals surface area (Å²) in [6, 6.07) is 0. The van der Waals surface area contributed by atoms with Gasteiger partial charge in [-0.2, -0.15) is 16.8 Å². The maximum atomic E-state index is 10.3. The fourth-order valence-corrected chi connectivity index (χ4v) is 2.07. The molecule has 10 heavy (non-hydrogen) atoms. The van der Waals surface area contributed by atoms with E-state index in [1.165, 1.54) is 0 Å². The van der Waals surface area contributed by atoms with Gasteiger partial charge in [-0.3, -0.25) is 8.74 Å². The van der Waals surface area contributed by atoms with Crippen LogP contribution < -0.4 is 0 Å². The van der Waals surface area contributed by atoms with E-state index in [-0.39, 0.29) is 0 Å². The molecule has 0 saturated carbocycles. The van der Waals surface area contributed by atoms with Crippen LogP contribution in [-0.2, 0) is 24.4 Å². The molecule has 0 aromatic heterocycles. The van der Waals surface area contributed by atoms with Crippen LogP contribution in [0.5, 0.6) is 0 Å². The zero-order valence-electron chi connectivity index (χ0n) is 5.01. The average Bonchev–Trinajstić information content (AvgIpc) is 1.60. The zero-order chi connectivity index (χ0) is 8.41. The average molecular weight is 190 g/mol. The van der Waals surface area contributed by atoms with Gasteiger partial charge in [-0.15, -0.1) is 0 Å². The Labute approximate surface area is 58.7 Å². The summed E-state index contributed by atoms with van der Waals surface area (Å²) in [7, 11) is -7.82. The van der Waals surface area contributed by atoms with Crippen LogP contribution in [0.2, 0.25) is 0 Å². The predicted octanol–water partition coefficient (Wildman–Crippen LogP) is -1.19. The summed E-state index contributed by atoms with van der Waals surface area (Å²) in [6.45, 7) is 0. The lowest BCUT2D eigenvalue weighted by Crippen LogP contribution is -2.16. The molecule has 0 radical (unpaired) electrons. The molecule has 0 aliphatic rings. The molecule has 0 aromatic rings.